The van der Waals surface area contributed by atoms with Gasteiger partial charge < -0.3 is 4.57 Å². The van der Waals surface area contributed by atoms with E-state index in [0.717, 1.165) is 21.9 Å². The van der Waals surface area contributed by atoms with Crippen molar-refractivity contribution >= 4 is 27.0 Å². The van der Waals surface area contributed by atoms with E-state index in [1.165, 1.54) is 37.0 Å². The van der Waals surface area contributed by atoms with Gasteiger partial charge in [0, 0.05) is 16.4 Å². The molecular weight excluding hydrogens is 264 g/mol. The fourth-order valence-electron chi connectivity index (χ4n) is 2.43. The zero-order valence-corrected chi connectivity index (χ0v) is 10.6. The molecule has 2 saturated carbocycles. The van der Waals surface area contributed by atoms with Crippen LogP contribution in [-0.2, 0) is 0 Å². The van der Waals surface area contributed by atoms with Crippen molar-refractivity contribution in [3.63, 3.8) is 0 Å². The SMILES string of the molecule is Brc1ccc2nc(C3CC3)n(C3CC3)c2c1. The summed E-state index contributed by atoms with van der Waals surface area (Å²) in [5, 5.41) is 0. The van der Waals surface area contributed by atoms with Gasteiger partial charge in [-0.25, -0.2) is 4.98 Å². The third kappa shape index (κ3) is 1.34. The number of benzene rings is 1. The standard InChI is InChI=1S/C13H13BrN2/c14-9-3-6-11-12(7-9)16(10-4-5-10)13(15-11)8-1-2-8/h3,6-8,10H,1-2,4-5H2. The maximum absolute atomic E-state index is 4.82. The quantitative estimate of drug-likeness (QED) is 0.811. The number of hydrogen-bond acceptors (Lipinski definition) is 1. The molecule has 0 amide bonds. The highest BCUT2D eigenvalue weighted by molar-refractivity contribution is 9.10. The van der Waals surface area contributed by atoms with Crippen LogP contribution in [0.1, 0.15) is 43.5 Å². The fourth-order valence-corrected chi connectivity index (χ4v) is 2.78. The first-order valence-electron chi connectivity index (χ1n) is 6.00. The molecule has 2 nitrogen and oxygen atoms in total. The second-order valence-electron chi connectivity index (χ2n) is 4.98. The fraction of sp³-hybridized carbons (Fsp3) is 0.462. The largest absolute Gasteiger partial charge is 0.325 e. The summed E-state index contributed by atoms with van der Waals surface area (Å²) in [7, 11) is 0. The highest BCUT2D eigenvalue weighted by Crippen LogP contribution is 2.46. The van der Waals surface area contributed by atoms with Crippen LogP contribution >= 0.6 is 15.9 Å². The van der Waals surface area contributed by atoms with Gasteiger partial charge in [-0.15, -0.1) is 0 Å². The molecule has 1 aromatic carbocycles. The van der Waals surface area contributed by atoms with Crippen LogP contribution in [0.3, 0.4) is 0 Å². The Kier molecular flexibility index (Phi) is 1.79. The number of hydrogen-bond donors (Lipinski definition) is 0. The van der Waals surface area contributed by atoms with E-state index >= 15 is 0 Å². The summed E-state index contributed by atoms with van der Waals surface area (Å²) in [6.07, 6.45) is 5.32. The molecule has 0 bridgehead atoms. The molecule has 2 fully saturated rings. The van der Waals surface area contributed by atoms with Gasteiger partial charge >= 0.3 is 0 Å². The lowest BCUT2D eigenvalue weighted by Gasteiger charge is -2.06. The lowest BCUT2D eigenvalue weighted by molar-refractivity contribution is 0.703. The van der Waals surface area contributed by atoms with Gasteiger partial charge in [-0.05, 0) is 43.9 Å². The van der Waals surface area contributed by atoms with Gasteiger partial charge in [0.05, 0.1) is 11.0 Å². The average Bonchev–Trinajstić information content (AvgIpc) is 3.14. The van der Waals surface area contributed by atoms with Gasteiger partial charge in [0.25, 0.3) is 0 Å². The Morgan fingerprint density at radius 2 is 2.00 bits per heavy atom. The average molecular weight is 277 g/mol. The van der Waals surface area contributed by atoms with Crippen LogP contribution < -0.4 is 0 Å². The summed E-state index contributed by atoms with van der Waals surface area (Å²) in [6.45, 7) is 0. The highest BCUT2D eigenvalue weighted by Gasteiger charge is 2.35. The molecular formula is C13H13BrN2. The van der Waals surface area contributed by atoms with Crippen molar-refractivity contribution in [1.29, 1.82) is 0 Å². The van der Waals surface area contributed by atoms with Crippen LogP contribution in [0.4, 0.5) is 0 Å². The minimum Gasteiger partial charge on any atom is -0.325 e. The molecule has 0 aliphatic heterocycles. The predicted octanol–water partition coefficient (Wildman–Crippen LogP) is 4.01. The van der Waals surface area contributed by atoms with Crippen LogP contribution in [0.5, 0.6) is 0 Å². The summed E-state index contributed by atoms with van der Waals surface area (Å²) in [5.74, 6) is 2.09. The summed E-state index contributed by atoms with van der Waals surface area (Å²) in [6, 6.07) is 7.16. The van der Waals surface area contributed by atoms with Crippen LogP contribution in [-0.4, -0.2) is 9.55 Å². The monoisotopic (exact) mass is 276 g/mol. The number of nitrogens with zero attached hydrogens (tertiary/aromatic N) is 2. The highest BCUT2D eigenvalue weighted by atomic mass is 79.9. The normalized spacial score (nSPS) is 20.6. The topological polar surface area (TPSA) is 17.8 Å². The second kappa shape index (κ2) is 3.10. The van der Waals surface area contributed by atoms with E-state index in [2.05, 4.69) is 38.7 Å². The number of rotatable bonds is 2. The van der Waals surface area contributed by atoms with Gasteiger partial charge in [0.2, 0.25) is 0 Å². The molecule has 82 valence electrons. The molecule has 0 N–H and O–H groups in total. The van der Waals surface area contributed by atoms with Gasteiger partial charge in [-0.2, -0.15) is 0 Å². The Morgan fingerprint density at radius 1 is 1.19 bits per heavy atom. The Morgan fingerprint density at radius 3 is 2.69 bits per heavy atom. The molecule has 0 radical (unpaired) electrons. The van der Waals surface area contributed by atoms with E-state index in [0.29, 0.717) is 0 Å². The van der Waals surface area contributed by atoms with Crippen molar-refractivity contribution in [3.8, 4) is 0 Å². The minimum atomic E-state index is 0.731. The van der Waals surface area contributed by atoms with Gasteiger partial charge in [0.15, 0.2) is 0 Å². The van der Waals surface area contributed by atoms with E-state index in [9.17, 15) is 0 Å². The maximum Gasteiger partial charge on any atom is 0.113 e. The molecule has 0 saturated heterocycles. The molecule has 0 atom stereocenters. The molecule has 0 unspecified atom stereocenters. The molecule has 2 aliphatic rings. The third-order valence-corrected chi connectivity index (χ3v) is 4.03. The lowest BCUT2D eigenvalue weighted by atomic mass is 10.3. The lowest BCUT2D eigenvalue weighted by Crippen LogP contribution is -1.99. The van der Waals surface area contributed by atoms with Gasteiger partial charge in [0.1, 0.15) is 5.82 Å². The van der Waals surface area contributed by atoms with Crippen molar-refractivity contribution in [2.24, 2.45) is 0 Å². The predicted molar refractivity (Wildman–Crippen MR) is 67.7 cm³/mol. The molecule has 0 spiro atoms. The van der Waals surface area contributed by atoms with Crippen molar-refractivity contribution < 1.29 is 0 Å². The molecule has 1 heterocycles. The number of imidazole rings is 1. The first-order chi connectivity index (χ1) is 7.83. The zero-order valence-electron chi connectivity index (χ0n) is 8.99. The number of aromatic nitrogens is 2. The first-order valence-corrected chi connectivity index (χ1v) is 6.79. The molecule has 4 rings (SSSR count). The van der Waals surface area contributed by atoms with Crippen LogP contribution in [0, 0.1) is 0 Å². The van der Waals surface area contributed by atoms with Gasteiger partial charge in [-0.1, -0.05) is 15.9 Å². The van der Waals surface area contributed by atoms with Gasteiger partial charge in [-0.3, -0.25) is 0 Å². The van der Waals surface area contributed by atoms with E-state index in [1.807, 2.05) is 0 Å². The Bertz CT molecular complexity index is 565. The minimum absolute atomic E-state index is 0.731. The summed E-state index contributed by atoms with van der Waals surface area (Å²) < 4.78 is 3.65. The third-order valence-electron chi connectivity index (χ3n) is 3.53. The number of fused-ring (bicyclic) bond motifs is 1. The van der Waals surface area contributed by atoms with E-state index in [1.54, 1.807) is 0 Å². The van der Waals surface area contributed by atoms with Crippen molar-refractivity contribution in [2.75, 3.05) is 0 Å². The van der Waals surface area contributed by atoms with E-state index in [-0.39, 0.29) is 0 Å². The Balaban J connectivity index is 2.01. The molecule has 1 aromatic heterocycles. The van der Waals surface area contributed by atoms with Crippen LogP contribution in [0.2, 0.25) is 0 Å². The Hall–Kier alpha value is -0.830. The summed E-state index contributed by atoms with van der Waals surface area (Å²) in [5.41, 5.74) is 2.48. The van der Waals surface area contributed by atoms with E-state index in [4.69, 9.17) is 4.98 Å². The summed E-state index contributed by atoms with van der Waals surface area (Å²) in [4.78, 5) is 4.82. The molecule has 2 aliphatic carbocycles. The smallest absolute Gasteiger partial charge is 0.113 e. The second-order valence-corrected chi connectivity index (χ2v) is 5.89. The van der Waals surface area contributed by atoms with Crippen molar-refractivity contribution in [3.05, 3.63) is 28.5 Å². The number of halogens is 1. The van der Waals surface area contributed by atoms with Crippen LogP contribution in [0.25, 0.3) is 11.0 Å². The van der Waals surface area contributed by atoms with E-state index < -0.39 is 0 Å². The zero-order chi connectivity index (χ0) is 10.7. The molecule has 2 aromatic rings. The molecule has 3 heteroatoms. The summed E-state index contributed by atoms with van der Waals surface area (Å²) >= 11 is 3.56. The van der Waals surface area contributed by atoms with Crippen molar-refractivity contribution in [2.45, 2.75) is 37.6 Å². The Labute approximate surface area is 103 Å². The first kappa shape index (κ1) is 9.23. The molecule has 16 heavy (non-hydrogen) atoms. The maximum atomic E-state index is 4.82. The van der Waals surface area contributed by atoms with Crippen molar-refractivity contribution in [1.82, 2.24) is 9.55 Å². The van der Waals surface area contributed by atoms with Crippen LogP contribution in [0.15, 0.2) is 22.7 Å².